The summed E-state index contributed by atoms with van der Waals surface area (Å²) in [5.41, 5.74) is 3.13. The molecule has 3 aliphatic rings. The minimum Gasteiger partial charge on any atom is -0.458 e. The third kappa shape index (κ3) is 3.65. The Hall–Kier alpha value is -0.830. The fourth-order valence-corrected chi connectivity index (χ4v) is 4.83. The van der Waals surface area contributed by atoms with E-state index in [1.54, 1.807) is 5.57 Å². The molecule has 0 unspecified atom stereocenters. The number of rotatable bonds is 4. The molecule has 3 nitrogen and oxygen atoms in total. The molecule has 0 spiro atoms. The SMILES string of the molecule is CCCN1CCC[C@@H]2CC3=C(CCC[C@H]3OC(=O)C(C)C)C[C@H]21. The standard InChI is InChI=1S/C20H33NO2/c1-4-10-21-11-6-8-16-12-17-15(13-18(16)21)7-5-9-19(17)23-20(22)14(2)3/h14,16,18-19H,4-13H2,1-3H3/t16-,18-,19-/m1/s1. The second kappa shape index (κ2) is 7.38. The highest BCUT2D eigenvalue weighted by molar-refractivity contribution is 5.72. The van der Waals surface area contributed by atoms with Crippen molar-refractivity contribution < 1.29 is 9.53 Å². The molecule has 1 aliphatic heterocycles. The number of ether oxygens (including phenoxy) is 1. The van der Waals surface area contributed by atoms with Gasteiger partial charge in [0.05, 0.1) is 5.92 Å². The summed E-state index contributed by atoms with van der Waals surface area (Å²) in [7, 11) is 0. The molecule has 1 saturated heterocycles. The Bertz CT molecular complexity index is 466. The lowest BCUT2D eigenvalue weighted by atomic mass is 9.70. The van der Waals surface area contributed by atoms with Crippen LogP contribution in [-0.4, -0.2) is 36.1 Å². The molecule has 1 heterocycles. The number of hydrogen-bond acceptors (Lipinski definition) is 3. The average molecular weight is 319 g/mol. The van der Waals surface area contributed by atoms with Crippen LogP contribution in [0.4, 0.5) is 0 Å². The summed E-state index contributed by atoms with van der Waals surface area (Å²) in [5, 5.41) is 0. The molecule has 0 amide bonds. The van der Waals surface area contributed by atoms with Gasteiger partial charge in [-0.3, -0.25) is 9.69 Å². The number of likely N-dealkylation sites (tertiary alicyclic amines) is 1. The van der Waals surface area contributed by atoms with E-state index < -0.39 is 0 Å². The molecule has 0 radical (unpaired) electrons. The molecule has 3 rings (SSSR count). The van der Waals surface area contributed by atoms with Gasteiger partial charge in [-0.25, -0.2) is 0 Å². The molecule has 130 valence electrons. The van der Waals surface area contributed by atoms with E-state index in [0.717, 1.165) is 18.4 Å². The normalized spacial score (nSPS) is 31.7. The second-order valence-electron chi connectivity index (χ2n) is 8.02. The molecule has 0 aromatic carbocycles. The molecule has 23 heavy (non-hydrogen) atoms. The topological polar surface area (TPSA) is 29.5 Å². The van der Waals surface area contributed by atoms with Crippen molar-refractivity contribution >= 4 is 5.97 Å². The van der Waals surface area contributed by atoms with Crippen LogP contribution in [-0.2, 0) is 9.53 Å². The Morgan fingerprint density at radius 1 is 1.26 bits per heavy atom. The van der Waals surface area contributed by atoms with Gasteiger partial charge in [-0.15, -0.1) is 0 Å². The zero-order valence-electron chi connectivity index (χ0n) is 15.1. The van der Waals surface area contributed by atoms with Crippen LogP contribution in [0.25, 0.3) is 0 Å². The van der Waals surface area contributed by atoms with Crippen molar-refractivity contribution in [3.8, 4) is 0 Å². The molecule has 0 bridgehead atoms. The van der Waals surface area contributed by atoms with E-state index in [9.17, 15) is 4.79 Å². The zero-order chi connectivity index (χ0) is 16.4. The van der Waals surface area contributed by atoms with E-state index in [1.165, 1.54) is 63.6 Å². The first kappa shape index (κ1) is 17.0. The van der Waals surface area contributed by atoms with Gasteiger partial charge in [0.1, 0.15) is 6.10 Å². The van der Waals surface area contributed by atoms with Gasteiger partial charge in [0.15, 0.2) is 0 Å². The Morgan fingerprint density at radius 2 is 2.09 bits per heavy atom. The van der Waals surface area contributed by atoms with Crippen LogP contribution in [0, 0.1) is 11.8 Å². The Balaban J connectivity index is 1.75. The third-order valence-electron chi connectivity index (χ3n) is 6.00. The highest BCUT2D eigenvalue weighted by Gasteiger charge is 2.39. The van der Waals surface area contributed by atoms with Crippen LogP contribution in [0.2, 0.25) is 0 Å². The van der Waals surface area contributed by atoms with E-state index in [1.807, 2.05) is 13.8 Å². The number of carbonyl (C=O) groups is 1. The summed E-state index contributed by atoms with van der Waals surface area (Å²) in [5.74, 6) is 0.738. The van der Waals surface area contributed by atoms with E-state index in [-0.39, 0.29) is 18.0 Å². The summed E-state index contributed by atoms with van der Waals surface area (Å²) < 4.78 is 5.87. The summed E-state index contributed by atoms with van der Waals surface area (Å²) in [6.07, 6.45) is 9.88. The largest absolute Gasteiger partial charge is 0.458 e. The van der Waals surface area contributed by atoms with Crippen molar-refractivity contribution in [2.45, 2.75) is 84.3 Å². The first-order valence-electron chi connectivity index (χ1n) is 9.75. The number of esters is 1. The average Bonchev–Trinajstić information content (AvgIpc) is 2.54. The van der Waals surface area contributed by atoms with Crippen molar-refractivity contribution in [2.24, 2.45) is 11.8 Å². The molecular weight excluding hydrogens is 286 g/mol. The van der Waals surface area contributed by atoms with E-state index >= 15 is 0 Å². The van der Waals surface area contributed by atoms with E-state index in [4.69, 9.17) is 4.74 Å². The van der Waals surface area contributed by atoms with Crippen LogP contribution < -0.4 is 0 Å². The maximum atomic E-state index is 12.1. The maximum Gasteiger partial charge on any atom is 0.308 e. The fraction of sp³-hybridized carbons (Fsp3) is 0.850. The maximum absolute atomic E-state index is 12.1. The molecule has 0 aromatic heterocycles. The summed E-state index contributed by atoms with van der Waals surface area (Å²) in [4.78, 5) is 14.8. The van der Waals surface area contributed by atoms with Crippen LogP contribution in [0.5, 0.6) is 0 Å². The molecule has 3 heteroatoms. The van der Waals surface area contributed by atoms with Gasteiger partial charge in [0.2, 0.25) is 0 Å². The molecule has 2 aliphatic carbocycles. The number of piperidine rings is 1. The molecule has 0 saturated carbocycles. The fourth-order valence-electron chi connectivity index (χ4n) is 4.83. The Morgan fingerprint density at radius 3 is 2.83 bits per heavy atom. The first-order valence-corrected chi connectivity index (χ1v) is 9.75. The predicted octanol–water partition coefficient (Wildman–Crippen LogP) is 4.32. The van der Waals surface area contributed by atoms with Crippen LogP contribution in [0.15, 0.2) is 11.1 Å². The van der Waals surface area contributed by atoms with Gasteiger partial charge in [-0.1, -0.05) is 26.3 Å². The van der Waals surface area contributed by atoms with Gasteiger partial charge in [0, 0.05) is 6.04 Å². The first-order chi connectivity index (χ1) is 11.1. The lowest BCUT2D eigenvalue weighted by molar-refractivity contribution is -0.152. The third-order valence-corrected chi connectivity index (χ3v) is 6.00. The highest BCUT2D eigenvalue weighted by Crippen LogP contribution is 2.44. The lowest BCUT2D eigenvalue weighted by Gasteiger charge is -2.47. The predicted molar refractivity (Wildman–Crippen MR) is 93.2 cm³/mol. The van der Waals surface area contributed by atoms with Gasteiger partial charge in [0.25, 0.3) is 0 Å². The summed E-state index contributed by atoms with van der Waals surface area (Å²) in [6, 6.07) is 0.752. The summed E-state index contributed by atoms with van der Waals surface area (Å²) >= 11 is 0. The van der Waals surface area contributed by atoms with Crippen LogP contribution in [0.1, 0.15) is 72.1 Å². The Kier molecular flexibility index (Phi) is 5.45. The van der Waals surface area contributed by atoms with Gasteiger partial charge < -0.3 is 4.74 Å². The van der Waals surface area contributed by atoms with E-state index in [2.05, 4.69) is 11.8 Å². The van der Waals surface area contributed by atoms with Crippen molar-refractivity contribution in [3.63, 3.8) is 0 Å². The molecule has 0 aromatic rings. The van der Waals surface area contributed by atoms with Crippen molar-refractivity contribution in [1.82, 2.24) is 4.90 Å². The highest BCUT2D eigenvalue weighted by atomic mass is 16.5. The number of nitrogens with zero attached hydrogens (tertiary/aromatic N) is 1. The van der Waals surface area contributed by atoms with Gasteiger partial charge in [-0.05, 0) is 75.9 Å². The van der Waals surface area contributed by atoms with Crippen molar-refractivity contribution in [3.05, 3.63) is 11.1 Å². The Labute approximate surface area is 141 Å². The number of hydrogen-bond donors (Lipinski definition) is 0. The smallest absolute Gasteiger partial charge is 0.308 e. The van der Waals surface area contributed by atoms with Gasteiger partial charge >= 0.3 is 5.97 Å². The lowest BCUT2D eigenvalue weighted by Crippen LogP contribution is -2.48. The summed E-state index contributed by atoms with van der Waals surface area (Å²) in [6.45, 7) is 8.68. The van der Waals surface area contributed by atoms with Gasteiger partial charge in [-0.2, -0.15) is 0 Å². The molecular formula is C20H33NO2. The van der Waals surface area contributed by atoms with Crippen LogP contribution >= 0.6 is 0 Å². The monoisotopic (exact) mass is 319 g/mol. The molecule has 1 fully saturated rings. The number of fused-ring (bicyclic) bond motifs is 1. The van der Waals surface area contributed by atoms with E-state index in [0.29, 0.717) is 0 Å². The van der Waals surface area contributed by atoms with Crippen LogP contribution in [0.3, 0.4) is 0 Å². The second-order valence-corrected chi connectivity index (χ2v) is 8.02. The minimum atomic E-state index is -0.0258. The van der Waals surface area contributed by atoms with Crippen molar-refractivity contribution in [1.29, 1.82) is 0 Å². The minimum absolute atomic E-state index is 0.0213. The number of carbonyl (C=O) groups excluding carboxylic acids is 1. The molecule has 0 N–H and O–H groups in total. The van der Waals surface area contributed by atoms with Crippen molar-refractivity contribution in [2.75, 3.05) is 13.1 Å². The zero-order valence-corrected chi connectivity index (χ0v) is 15.1. The quantitative estimate of drug-likeness (QED) is 0.571. The molecule has 3 atom stereocenters.